The molecule has 0 bridgehead atoms. The SMILES string of the molecule is COC(=O)c1c(NC(=S)Nc2cc(OCC(F)(F)C(F)F)cc([N+](=O)[O-])c2)sc(C)c1-c1ccccc1. The van der Waals surface area contributed by atoms with Gasteiger partial charge in [0.1, 0.15) is 16.3 Å². The zero-order valence-electron chi connectivity index (χ0n) is 19.2. The molecule has 196 valence electrons. The number of methoxy groups -OCH3 is 1. The van der Waals surface area contributed by atoms with E-state index in [1.165, 1.54) is 18.4 Å². The summed E-state index contributed by atoms with van der Waals surface area (Å²) in [5, 5.41) is 17.0. The van der Waals surface area contributed by atoms with Gasteiger partial charge in [-0.15, -0.1) is 11.3 Å². The quantitative estimate of drug-likeness (QED) is 0.101. The predicted molar refractivity (Wildman–Crippen MR) is 135 cm³/mol. The maximum absolute atomic E-state index is 13.2. The third-order valence-electron chi connectivity index (χ3n) is 4.87. The van der Waals surface area contributed by atoms with E-state index < -0.39 is 41.3 Å². The van der Waals surface area contributed by atoms with Crippen molar-refractivity contribution in [1.29, 1.82) is 0 Å². The van der Waals surface area contributed by atoms with Gasteiger partial charge >= 0.3 is 18.3 Å². The Morgan fingerprint density at radius 3 is 2.46 bits per heavy atom. The van der Waals surface area contributed by atoms with Gasteiger partial charge in [-0.05, 0) is 24.7 Å². The monoisotopic (exact) mass is 557 g/mol. The average Bonchev–Trinajstić information content (AvgIpc) is 3.17. The second kappa shape index (κ2) is 11.5. The average molecular weight is 558 g/mol. The Balaban J connectivity index is 1.87. The molecule has 0 atom stereocenters. The second-order valence-corrected chi connectivity index (χ2v) is 9.13. The Morgan fingerprint density at radius 1 is 1.19 bits per heavy atom. The standard InChI is InChI=1S/C23H19F4N3O5S2/c1-12-17(13-6-4-3-5-7-13)18(20(31)34-2)19(37-12)29-22(36)28-14-8-15(30(32)33)10-16(9-14)35-11-23(26,27)21(24)25/h3-10,21H,11H2,1-2H3,(H2,28,29,36). The lowest BCUT2D eigenvalue weighted by Gasteiger charge is -2.17. The maximum Gasteiger partial charge on any atom is 0.341 e. The highest BCUT2D eigenvalue weighted by Crippen LogP contribution is 2.40. The van der Waals surface area contributed by atoms with Gasteiger partial charge in [0.15, 0.2) is 11.7 Å². The van der Waals surface area contributed by atoms with Crippen LogP contribution in [0.15, 0.2) is 48.5 Å². The molecule has 0 amide bonds. The Hall–Kier alpha value is -3.78. The van der Waals surface area contributed by atoms with Crippen molar-refractivity contribution < 1.29 is 36.8 Å². The fourth-order valence-electron chi connectivity index (χ4n) is 3.23. The van der Waals surface area contributed by atoms with Gasteiger partial charge in [0.25, 0.3) is 5.69 Å². The number of benzene rings is 2. The van der Waals surface area contributed by atoms with Crippen LogP contribution in [0.2, 0.25) is 0 Å². The molecule has 0 unspecified atom stereocenters. The van der Waals surface area contributed by atoms with Crippen molar-refractivity contribution in [1.82, 2.24) is 0 Å². The first-order valence-corrected chi connectivity index (χ1v) is 11.6. The summed E-state index contributed by atoms with van der Waals surface area (Å²) in [5.41, 5.74) is 1.02. The van der Waals surface area contributed by atoms with Gasteiger partial charge in [0.2, 0.25) is 0 Å². The largest absolute Gasteiger partial charge is 0.487 e. The number of halogens is 4. The van der Waals surface area contributed by atoms with Gasteiger partial charge in [-0.1, -0.05) is 30.3 Å². The fourth-order valence-corrected chi connectivity index (χ4v) is 4.59. The van der Waals surface area contributed by atoms with Crippen LogP contribution in [0.4, 0.5) is 33.9 Å². The summed E-state index contributed by atoms with van der Waals surface area (Å²) >= 11 is 6.50. The van der Waals surface area contributed by atoms with Gasteiger partial charge in [-0.2, -0.15) is 8.78 Å². The number of aryl methyl sites for hydroxylation is 1. The minimum Gasteiger partial charge on any atom is -0.487 e. The number of thiophene rings is 1. The summed E-state index contributed by atoms with van der Waals surface area (Å²) < 4.78 is 61.0. The van der Waals surface area contributed by atoms with Crippen LogP contribution < -0.4 is 15.4 Å². The Morgan fingerprint density at radius 2 is 1.86 bits per heavy atom. The third-order valence-corrected chi connectivity index (χ3v) is 6.10. The normalized spacial score (nSPS) is 11.2. The van der Waals surface area contributed by atoms with E-state index in [4.69, 9.17) is 21.7 Å². The van der Waals surface area contributed by atoms with Gasteiger partial charge in [-0.25, -0.2) is 13.6 Å². The molecule has 0 fully saturated rings. The number of non-ortho nitro benzene ring substituents is 1. The first-order chi connectivity index (χ1) is 17.4. The predicted octanol–water partition coefficient (Wildman–Crippen LogP) is 6.51. The number of ether oxygens (including phenoxy) is 2. The first-order valence-electron chi connectivity index (χ1n) is 10.4. The summed E-state index contributed by atoms with van der Waals surface area (Å²) in [6, 6.07) is 12.0. The molecule has 0 aliphatic heterocycles. The van der Waals surface area contributed by atoms with E-state index in [-0.39, 0.29) is 16.4 Å². The molecule has 8 nitrogen and oxygen atoms in total. The molecule has 0 spiro atoms. The number of nitrogens with one attached hydrogen (secondary N) is 2. The smallest absolute Gasteiger partial charge is 0.341 e. The number of alkyl halides is 4. The van der Waals surface area contributed by atoms with Crippen molar-refractivity contribution in [3.05, 3.63) is 69.1 Å². The zero-order valence-corrected chi connectivity index (χ0v) is 20.9. The van der Waals surface area contributed by atoms with E-state index in [2.05, 4.69) is 10.6 Å². The van der Waals surface area contributed by atoms with Gasteiger partial charge in [0.05, 0.1) is 23.8 Å². The van der Waals surface area contributed by atoms with Crippen molar-refractivity contribution in [2.24, 2.45) is 0 Å². The number of rotatable bonds is 9. The molecule has 0 saturated carbocycles. The van der Waals surface area contributed by atoms with E-state index in [0.717, 1.165) is 28.6 Å². The van der Waals surface area contributed by atoms with Gasteiger partial charge in [-0.3, -0.25) is 10.1 Å². The highest BCUT2D eigenvalue weighted by Gasteiger charge is 2.41. The number of nitrogens with zero attached hydrogens (tertiary/aromatic N) is 1. The number of anilines is 2. The topological polar surface area (TPSA) is 103 Å². The molecule has 37 heavy (non-hydrogen) atoms. The maximum atomic E-state index is 13.2. The lowest BCUT2D eigenvalue weighted by molar-refractivity contribution is -0.384. The summed E-state index contributed by atoms with van der Waals surface area (Å²) in [6.07, 6.45) is -3.97. The van der Waals surface area contributed by atoms with E-state index in [1.54, 1.807) is 6.92 Å². The molecule has 3 aromatic rings. The molecule has 3 rings (SSSR count). The van der Waals surface area contributed by atoms with Crippen LogP contribution >= 0.6 is 23.6 Å². The highest BCUT2D eigenvalue weighted by atomic mass is 32.1. The Kier molecular flexibility index (Phi) is 8.65. The van der Waals surface area contributed by atoms with Crippen LogP contribution in [0.5, 0.6) is 5.75 Å². The molecule has 0 saturated heterocycles. The minimum absolute atomic E-state index is 0.0433. The van der Waals surface area contributed by atoms with Crippen molar-refractivity contribution in [3.8, 4) is 16.9 Å². The summed E-state index contributed by atoms with van der Waals surface area (Å²) in [5.74, 6) is -5.53. The van der Waals surface area contributed by atoms with E-state index in [9.17, 15) is 32.5 Å². The lowest BCUT2D eigenvalue weighted by atomic mass is 10.0. The number of carbonyl (C=O) groups is 1. The highest BCUT2D eigenvalue weighted by molar-refractivity contribution is 7.80. The van der Waals surface area contributed by atoms with Gasteiger partial charge in [0, 0.05) is 22.6 Å². The number of esters is 1. The number of nitro benzene ring substituents is 1. The first kappa shape index (κ1) is 27.8. The molecular weight excluding hydrogens is 538 g/mol. The molecule has 14 heteroatoms. The molecule has 2 aromatic carbocycles. The molecule has 1 heterocycles. The van der Waals surface area contributed by atoms with Crippen molar-refractivity contribution in [3.63, 3.8) is 0 Å². The number of nitro groups is 1. The van der Waals surface area contributed by atoms with E-state index in [0.29, 0.717) is 10.6 Å². The Bertz CT molecular complexity index is 1320. The van der Waals surface area contributed by atoms with Crippen molar-refractivity contribution in [2.75, 3.05) is 24.4 Å². The van der Waals surface area contributed by atoms with Crippen LogP contribution in [0.3, 0.4) is 0 Å². The molecule has 1 aromatic heterocycles. The molecular formula is C23H19F4N3O5S2. The second-order valence-electron chi connectivity index (χ2n) is 7.50. The lowest BCUT2D eigenvalue weighted by Crippen LogP contribution is -2.33. The molecule has 0 aliphatic carbocycles. The fraction of sp³-hybridized carbons (Fsp3) is 0.217. The zero-order chi connectivity index (χ0) is 27.3. The van der Waals surface area contributed by atoms with E-state index in [1.807, 2.05) is 30.3 Å². The number of hydrogen-bond donors (Lipinski definition) is 2. The van der Waals surface area contributed by atoms with Crippen LogP contribution in [0, 0.1) is 17.0 Å². The molecule has 0 radical (unpaired) electrons. The van der Waals surface area contributed by atoms with Gasteiger partial charge < -0.3 is 20.1 Å². The van der Waals surface area contributed by atoms with Crippen LogP contribution in [-0.4, -0.2) is 42.1 Å². The molecule has 2 N–H and O–H groups in total. The summed E-state index contributed by atoms with van der Waals surface area (Å²) in [6.45, 7) is 0.119. The molecule has 0 aliphatic rings. The van der Waals surface area contributed by atoms with Crippen LogP contribution in [-0.2, 0) is 4.74 Å². The van der Waals surface area contributed by atoms with Crippen molar-refractivity contribution in [2.45, 2.75) is 19.3 Å². The number of carbonyl (C=O) groups excluding carboxylic acids is 1. The van der Waals surface area contributed by atoms with E-state index >= 15 is 0 Å². The summed E-state index contributed by atoms with van der Waals surface area (Å²) in [4.78, 5) is 23.9. The summed E-state index contributed by atoms with van der Waals surface area (Å²) in [7, 11) is 1.23. The van der Waals surface area contributed by atoms with Crippen LogP contribution in [0.25, 0.3) is 11.1 Å². The number of hydrogen-bond acceptors (Lipinski definition) is 7. The number of thiocarbonyl (C=S) groups is 1. The van der Waals surface area contributed by atoms with Crippen molar-refractivity contribution >= 4 is 51.0 Å². The Labute approximate surface area is 217 Å². The van der Waals surface area contributed by atoms with Crippen LogP contribution in [0.1, 0.15) is 15.2 Å². The minimum atomic E-state index is -4.45. The third kappa shape index (κ3) is 6.71.